The normalized spacial score (nSPS) is 22.7. The maximum atomic E-state index is 13.6. The molecule has 1 aromatic carbocycles. The molecule has 1 aliphatic heterocycles. The number of carbonyl (C=O) groups excluding carboxylic acids is 1. The van der Waals surface area contributed by atoms with Crippen LogP contribution in [0.5, 0.6) is 0 Å². The van der Waals surface area contributed by atoms with E-state index in [0.717, 1.165) is 6.07 Å². The van der Waals surface area contributed by atoms with Gasteiger partial charge in [0.1, 0.15) is 11.1 Å². The lowest BCUT2D eigenvalue weighted by Crippen LogP contribution is -2.35. The minimum atomic E-state index is -3.45. The molecule has 0 spiro atoms. The summed E-state index contributed by atoms with van der Waals surface area (Å²) in [5.41, 5.74) is -0.199. The SMILES string of the molecule is O=C(c1ccc(Cl)cc1F)C1CCCCS1(=O)=O. The van der Waals surface area contributed by atoms with Crippen molar-refractivity contribution in [2.24, 2.45) is 0 Å². The number of benzene rings is 1. The van der Waals surface area contributed by atoms with Crippen LogP contribution in [0.25, 0.3) is 0 Å². The highest BCUT2D eigenvalue weighted by Crippen LogP contribution is 2.25. The maximum Gasteiger partial charge on any atom is 0.183 e. The van der Waals surface area contributed by atoms with Crippen LogP contribution in [0.1, 0.15) is 29.6 Å². The van der Waals surface area contributed by atoms with E-state index in [2.05, 4.69) is 0 Å². The van der Waals surface area contributed by atoms with Crippen LogP contribution in [-0.4, -0.2) is 25.2 Å². The molecular formula is C12H12ClFO3S. The van der Waals surface area contributed by atoms with E-state index in [1.165, 1.54) is 12.1 Å². The third kappa shape index (κ3) is 2.57. The van der Waals surface area contributed by atoms with E-state index < -0.39 is 26.7 Å². The Hall–Kier alpha value is -0.940. The molecule has 1 aromatic rings. The van der Waals surface area contributed by atoms with Gasteiger partial charge in [0, 0.05) is 5.02 Å². The molecule has 0 radical (unpaired) electrons. The van der Waals surface area contributed by atoms with E-state index in [1.807, 2.05) is 0 Å². The van der Waals surface area contributed by atoms with Crippen molar-refractivity contribution in [2.45, 2.75) is 24.5 Å². The Morgan fingerprint density at radius 2 is 2.06 bits per heavy atom. The van der Waals surface area contributed by atoms with Gasteiger partial charge < -0.3 is 0 Å². The Labute approximate surface area is 110 Å². The quantitative estimate of drug-likeness (QED) is 0.787. The zero-order chi connectivity index (χ0) is 13.3. The lowest BCUT2D eigenvalue weighted by molar-refractivity contribution is 0.0977. The molecule has 6 heteroatoms. The Balaban J connectivity index is 2.36. The molecule has 98 valence electrons. The van der Waals surface area contributed by atoms with E-state index in [-0.39, 0.29) is 22.8 Å². The number of hydrogen-bond acceptors (Lipinski definition) is 3. The Morgan fingerprint density at radius 3 is 2.67 bits per heavy atom. The fourth-order valence-corrected chi connectivity index (χ4v) is 4.14. The standard InChI is InChI=1S/C12H12ClFO3S/c13-8-4-5-9(10(14)7-8)12(15)11-3-1-2-6-18(11,16)17/h4-5,7,11H,1-3,6H2. The van der Waals surface area contributed by atoms with Gasteiger partial charge in [0.05, 0.1) is 11.3 Å². The molecule has 0 aromatic heterocycles. The van der Waals surface area contributed by atoms with Crippen LogP contribution in [0.15, 0.2) is 18.2 Å². The fraction of sp³-hybridized carbons (Fsp3) is 0.417. The Morgan fingerprint density at radius 1 is 1.33 bits per heavy atom. The molecule has 0 aliphatic carbocycles. The molecule has 1 aliphatic rings. The number of ketones is 1. The number of sulfone groups is 1. The number of hydrogen-bond donors (Lipinski definition) is 0. The second-order valence-electron chi connectivity index (χ2n) is 4.34. The first kappa shape index (κ1) is 13.5. The largest absolute Gasteiger partial charge is 0.293 e. The highest BCUT2D eigenvalue weighted by Gasteiger charge is 2.36. The van der Waals surface area contributed by atoms with E-state index >= 15 is 0 Å². The summed E-state index contributed by atoms with van der Waals surface area (Å²) in [5.74, 6) is -1.43. The molecule has 0 N–H and O–H groups in total. The minimum Gasteiger partial charge on any atom is -0.293 e. The van der Waals surface area contributed by atoms with Gasteiger partial charge in [-0.1, -0.05) is 18.0 Å². The molecule has 0 amide bonds. The van der Waals surface area contributed by atoms with Gasteiger partial charge >= 0.3 is 0 Å². The second-order valence-corrected chi connectivity index (χ2v) is 7.08. The fourth-order valence-electron chi connectivity index (χ4n) is 2.11. The van der Waals surface area contributed by atoms with E-state index in [1.54, 1.807) is 0 Å². The van der Waals surface area contributed by atoms with Gasteiger partial charge in [0.25, 0.3) is 0 Å². The van der Waals surface area contributed by atoms with E-state index in [9.17, 15) is 17.6 Å². The van der Waals surface area contributed by atoms with Crippen LogP contribution in [0, 0.1) is 5.82 Å². The van der Waals surface area contributed by atoms with Crippen molar-refractivity contribution >= 4 is 27.2 Å². The number of rotatable bonds is 2. The van der Waals surface area contributed by atoms with Crippen molar-refractivity contribution in [1.29, 1.82) is 0 Å². The lowest BCUT2D eigenvalue weighted by atomic mass is 10.0. The highest BCUT2D eigenvalue weighted by molar-refractivity contribution is 7.92. The topological polar surface area (TPSA) is 51.2 Å². The van der Waals surface area contributed by atoms with Crippen molar-refractivity contribution in [1.82, 2.24) is 0 Å². The average molecular weight is 291 g/mol. The first-order valence-electron chi connectivity index (χ1n) is 5.62. The zero-order valence-corrected chi connectivity index (χ0v) is 11.1. The predicted molar refractivity (Wildman–Crippen MR) is 67.2 cm³/mol. The van der Waals surface area contributed by atoms with Crippen LogP contribution in [0.4, 0.5) is 4.39 Å². The molecule has 1 heterocycles. The smallest absolute Gasteiger partial charge is 0.183 e. The summed E-state index contributed by atoms with van der Waals surface area (Å²) in [7, 11) is -3.45. The average Bonchev–Trinajstić information content (AvgIpc) is 2.27. The number of halogens is 2. The van der Waals surface area contributed by atoms with Crippen LogP contribution >= 0.6 is 11.6 Å². The molecule has 1 unspecified atom stereocenters. The van der Waals surface area contributed by atoms with Gasteiger partial charge in [-0.3, -0.25) is 4.79 Å². The minimum absolute atomic E-state index is 0.00137. The Bertz CT molecular complexity index is 583. The van der Waals surface area contributed by atoms with Crippen molar-refractivity contribution in [3.8, 4) is 0 Å². The van der Waals surface area contributed by atoms with Crippen LogP contribution in [-0.2, 0) is 9.84 Å². The highest BCUT2D eigenvalue weighted by atomic mass is 35.5. The van der Waals surface area contributed by atoms with Crippen LogP contribution in [0.3, 0.4) is 0 Å². The zero-order valence-electron chi connectivity index (χ0n) is 9.53. The van der Waals surface area contributed by atoms with Crippen LogP contribution < -0.4 is 0 Å². The molecule has 0 saturated carbocycles. The lowest BCUT2D eigenvalue weighted by Gasteiger charge is -2.21. The summed E-state index contributed by atoms with van der Waals surface area (Å²) in [6.07, 6.45) is 1.50. The predicted octanol–water partition coefficient (Wildman–Crippen LogP) is 2.63. The van der Waals surface area contributed by atoms with E-state index in [4.69, 9.17) is 11.6 Å². The van der Waals surface area contributed by atoms with Gasteiger partial charge in [-0.15, -0.1) is 0 Å². The maximum absolute atomic E-state index is 13.6. The monoisotopic (exact) mass is 290 g/mol. The summed E-state index contributed by atoms with van der Waals surface area (Å²) >= 11 is 5.59. The molecule has 1 saturated heterocycles. The Kier molecular flexibility index (Phi) is 3.73. The van der Waals surface area contributed by atoms with Gasteiger partial charge in [-0.25, -0.2) is 12.8 Å². The van der Waals surface area contributed by atoms with Crippen LogP contribution in [0.2, 0.25) is 5.02 Å². The summed E-state index contributed by atoms with van der Waals surface area (Å²) in [4.78, 5) is 12.1. The van der Waals surface area contributed by atoms with Gasteiger partial charge in [0.2, 0.25) is 0 Å². The van der Waals surface area contributed by atoms with Crippen molar-refractivity contribution in [3.63, 3.8) is 0 Å². The van der Waals surface area contributed by atoms with E-state index in [0.29, 0.717) is 12.8 Å². The summed E-state index contributed by atoms with van der Waals surface area (Å²) in [6, 6.07) is 3.64. The van der Waals surface area contributed by atoms with Crippen molar-refractivity contribution < 1.29 is 17.6 Å². The molecular weight excluding hydrogens is 279 g/mol. The number of Topliss-reactive ketones (excluding diaryl/α,β-unsaturated/α-hetero) is 1. The third-order valence-electron chi connectivity index (χ3n) is 3.07. The van der Waals surface area contributed by atoms with Crippen molar-refractivity contribution in [2.75, 3.05) is 5.75 Å². The molecule has 3 nitrogen and oxygen atoms in total. The molecule has 2 rings (SSSR count). The molecule has 18 heavy (non-hydrogen) atoms. The first-order valence-corrected chi connectivity index (χ1v) is 7.72. The van der Waals surface area contributed by atoms with Gasteiger partial charge in [0.15, 0.2) is 15.6 Å². The van der Waals surface area contributed by atoms with Crippen molar-refractivity contribution in [3.05, 3.63) is 34.6 Å². The molecule has 1 atom stereocenters. The summed E-state index contributed by atoms with van der Waals surface area (Å²) in [6.45, 7) is 0. The second kappa shape index (κ2) is 4.97. The van der Waals surface area contributed by atoms with Gasteiger partial charge in [-0.2, -0.15) is 0 Å². The molecule has 0 bridgehead atoms. The van der Waals surface area contributed by atoms with Gasteiger partial charge in [-0.05, 0) is 31.0 Å². The summed E-state index contributed by atoms with van der Waals surface area (Å²) in [5, 5.41) is -0.933. The number of carbonyl (C=O) groups is 1. The molecule has 1 fully saturated rings. The summed E-state index contributed by atoms with van der Waals surface area (Å²) < 4.78 is 37.2. The third-order valence-corrected chi connectivity index (χ3v) is 5.48. The first-order chi connectivity index (χ1) is 8.42.